The second kappa shape index (κ2) is 6.66. The van der Waals surface area contributed by atoms with Crippen LogP contribution in [0.25, 0.3) is 11.0 Å². The molecule has 2 aromatic rings. The summed E-state index contributed by atoms with van der Waals surface area (Å²) in [6.45, 7) is 1.40. The van der Waals surface area contributed by atoms with Crippen LogP contribution in [0, 0.1) is 17.7 Å². The van der Waals surface area contributed by atoms with Gasteiger partial charge in [-0.1, -0.05) is 12.2 Å². The Morgan fingerprint density at radius 1 is 1.34 bits per heavy atom. The van der Waals surface area contributed by atoms with Crippen LogP contribution in [-0.4, -0.2) is 46.8 Å². The number of anilines is 1. The highest BCUT2D eigenvalue weighted by Crippen LogP contribution is 2.39. The molecule has 3 unspecified atom stereocenters. The largest absolute Gasteiger partial charge is 0.477 e. The topological polar surface area (TPSA) is 87.5 Å². The molecule has 0 spiro atoms. The van der Waals surface area contributed by atoms with Crippen molar-refractivity contribution in [1.29, 1.82) is 0 Å². The number of aromatic nitrogens is 2. The zero-order valence-electron chi connectivity index (χ0n) is 16.1. The van der Waals surface area contributed by atoms with Crippen molar-refractivity contribution in [2.75, 3.05) is 25.0 Å². The average molecular weight is 398 g/mol. The highest BCUT2D eigenvalue weighted by Gasteiger charge is 2.39. The number of allylic oxidation sites excluding steroid dienone is 1. The van der Waals surface area contributed by atoms with Crippen molar-refractivity contribution < 1.29 is 14.3 Å². The quantitative estimate of drug-likeness (QED) is 0.768. The first kappa shape index (κ1) is 18.3. The number of pyridine rings is 2. The van der Waals surface area contributed by atoms with Gasteiger partial charge in [0.05, 0.1) is 5.39 Å². The summed E-state index contributed by atoms with van der Waals surface area (Å²) in [5.74, 6) is -0.827. The first-order valence-corrected chi connectivity index (χ1v) is 10.1. The number of nitrogens with zero attached hydrogens (tertiary/aromatic N) is 3. The molecule has 152 valence electrons. The molecule has 1 aliphatic heterocycles. The van der Waals surface area contributed by atoms with Crippen LogP contribution in [0.1, 0.15) is 35.7 Å². The zero-order chi connectivity index (χ0) is 20.3. The van der Waals surface area contributed by atoms with Crippen LogP contribution in [0.5, 0.6) is 0 Å². The second-order valence-corrected chi connectivity index (χ2v) is 8.29. The zero-order valence-corrected chi connectivity index (χ0v) is 16.1. The van der Waals surface area contributed by atoms with E-state index >= 15 is 4.39 Å². The second-order valence-electron chi connectivity index (χ2n) is 8.29. The molecule has 7 nitrogen and oxygen atoms in total. The van der Waals surface area contributed by atoms with Crippen LogP contribution < -0.4 is 15.6 Å². The van der Waals surface area contributed by atoms with Crippen molar-refractivity contribution in [2.24, 2.45) is 11.8 Å². The summed E-state index contributed by atoms with van der Waals surface area (Å²) in [7, 11) is 1.93. The molecule has 0 aromatic carbocycles. The first-order valence-electron chi connectivity index (χ1n) is 10.1. The van der Waals surface area contributed by atoms with Gasteiger partial charge in [0.25, 0.3) is 0 Å². The molecule has 3 atom stereocenters. The van der Waals surface area contributed by atoms with Crippen molar-refractivity contribution in [3.8, 4) is 0 Å². The molecule has 5 rings (SSSR count). The molecule has 29 heavy (non-hydrogen) atoms. The molecule has 2 N–H and O–H groups in total. The van der Waals surface area contributed by atoms with Crippen molar-refractivity contribution in [3.05, 3.63) is 46.0 Å². The third-order valence-electron chi connectivity index (χ3n) is 6.48. The van der Waals surface area contributed by atoms with Gasteiger partial charge in [0.15, 0.2) is 11.6 Å². The van der Waals surface area contributed by atoms with Crippen LogP contribution in [-0.2, 0) is 0 Å². The number of fused-ring (bicyclic) bond motifs is 2. The molecule has 2 aliphatic carbocycles. The van der Waals surface area contributed by atoms with Crippen molar-refractivity contribution in [1.82, 2.24) is 14.9 Å². The minimum atomic E-state index is -1.30. The van der Waals surface area contributed by atoms with Crippen LogP contribution >= 0.6 is 0 Å². The molecular formula is C21H23FN4O3. The van der Waals surface area contributed by atoms with Crippen LogP contribution in [0.2, 0.25) is 0 Å². The Bertz CT molecular complexity index is 1090. The van der Waals surface area contributed by atoms with Crippen molar-refractivity contribution in [2.45, 2.75) is 31.3 Å². The fourth-order valence-corrected chi connectivity index (χ4v) is 4.82. The molecule has 8 heteroatoms. The van der Waals surface area contributed by atoms with Gasteiger partial charge in [-0.05, 0) is 38.3 Å². The van der Waals surface area contributed by atoms with Gasteiger partial charge in [0.2, 0.25) is 5.43 Å². The Labute approximate surface area is 166 Å². The van der Waals surface area contributed by atoms with Gasteiger partial charge in [0, 0.05) is 37.3 Å². The Balaban J connectivity index is 1.60. The minimum Gasteiger partial charge on any atom is -0.477 e. The lowest BCUT2D eigenvalue weighted by Gasteiger charge is -2.28. The van der Waals surface area contributed by atoms with E-state index in [0.717, 1.165) is 19.3 Å². The van der Waals surface area contributed by atoms with Gasteiger partial charge in [-0.2, -0.15) is 0 Å². The molecule has 0 amide bonds. The molecular weight excluding hydrogens is 375 g/mol. The van der Waals surface area contributed by atoms with Gasteiger partial charge >= 0.3 is 5.97 Å². The summed E-state index contributed by atoms with van der Waals surface area (Å²) in [6.07, 6.45) is 8.47. The summed E-state index contributed by atoms with van der Waals surface area (Å²) in [6, 6.07) is 1.53. The Kier molecular flexibility index (Phi) is 4.20. The van der Waals surface area contributed by atoms with Gasteiger partial charge in [-0.3, -0.25) is 4.79 Å². The van der Waals surface area contributed by atoms with E-state index < -0.39 is 17.2 Å². The van der Waals surface area contributed by atoms with E-state index in [4.69, 9.17) is 0 Å². The number of halogens is 1. The monoisotopic (exact) mass is 398 g/mol. The predicted octanol–water partition coefficient (Wildman–Crippen LogP) is 2.17. The maximum absolute atomic E-state index is 15.1. The van der Waals surface area contributed by atoms with E-state index in [-0.39, 0.29) is 28.9 Å². The first-order chi connectivity index (χ1) is 14.0. The number of hydrogen-bond donors (Lipinski definition) is 2. The van der Waals surface area contributed by atoms with Gasteiger partial charge < -0.3 is 19.9 Å². The van der Waals surface area contributed by atoms with Crippen molar-refractivity contribution in [3.63, 3.8) is 0 Å². The minimum absolute atomic E-state index is 0.0319. The fraction of sp³-hybridized carbons (Fsp3) is 0.476. The number of nitrogens with one attached hydrogen (secondary N) is 1. The molecule has 0 radical (unpaired) electrons. The SMILES string of the molecule is CNC1C=CCC2CN(c3nc4c(cc3F)c(=O)c(C(=O)O)cn4C3CC3)CC21. The van der Waals surface area contributed by atoms with Gasteiger partial charge in [-0.25, -0.2) is 14.2 Å². The van der Waals surface area contributed by atoms with E-state index in [2.05, 4.69) is 22.5 Å². The Morgan fingerprint density at radius 2 is 2.14 bits per heavy atom. The Hall–Kier alpha value is -2.74. The molecule has 2 aromatic heterocycles. The highest BCUT2D eigenvalue weighted by molar-refractivity contribution is 5.92. The summed E-state index contributed by atoms with van der Waals surface area (Å²) in [5.41, 5.74) is -0.651. The van der Waals surface area contributed by atoms with Gasteiger partial charge in [0.1, 0.15) is 11.2 Å². The fourth-order valence-electron chi connectivity index (χ4n) is 4.82. The third-order valence-corrected chi connectivity index (χ3v) is 6.48. The van der Waals surface area contributed by atoms with E-state index in [1.54, 1.807) is 4.57 Å². The van der Waals surface area contributed by atoms with Crippen molar-refractivity contribution >= 4 is 22.8 Å². The number of carbonyl (C=O) groups is 1. The number of likely N-dealkylation sites (N-methyl/N-ethyl adjacent to an activating group) is 1. The van der Waals surface area contributed by atoms with Gasteiger partial charge in [-0.15, -0.1) is 0 Å². The van der Waals surface area contributed by atoms with E-state index in [1.807, 2.05) is 11.9 Å². The highest BCUT2D eigenvalue weighted by atomic mass is 19.1. The molecule has 1 saturated carbocycles. The summed E-state index contributed by atoms with van der Waals surface area (Å²) in [5, 5.41) is 12.7. The molecule has 3 aliphatic rings. The maximum Gasteiger partial charge on any atom is 0.341 e. The lowest BCUT2D eigenvalue weighted by atomic mass is 9.82. The molecule has 0 bridgehead atoms. The number of hydrogen-bond acceptors (Lipinski definition) is 5. The standard InChI is InChI=1S/C21H23FN4O3/c1-23-17-4-2-3-11-8-25(9-14(11)17)20-16(22)7-13-18(27)15(21(28)29)10-26(12-5-6-12)19(13)24-20/h2,4,7,10-12,14,17,23H,3,5-6,8-9H2,1H3,(H,28,29). The van der Waals surface area contributed by atoms with Crippen LogP contribution in [0.3, 0.4) is 0 Å². The predicted molar refractivity (Wildman–Crippen MR) is 107 cm³/mol. The number of aromatic carboxylic acids is 1. The van der Waals surface area contributed by atoms with E-state index in [9.17, 15) is 14.7 Å². The number of rotatable bonds is 4. The van der Waals surface area contributed by atoms with Crippen LogP contribution in [0.4, 0.5) is 10.2 Å². The lowest BCUT2D eigenvalue weighted by Crippen LogP contribution is -2.38. The summed E-state index contributed by atoms with van der Waals surface area (Å²) in [4.78, 5) is 30.6. The smallest absolute Gasteiger partial charge is 0.341 e. The molecule has 3 heterocycles. The maximum atomic E-state index is 15.1. The molecule has 2 fully saturated rings. The summed E-state index contributed by atoms with van der Waals surface area (Å²) >= 11 is 0. The number of carboxylic acids is 1. The normalized spacial score (nSPS) is 26.1. The number of carboxylic acid groups (broad SMARTS) is 1. The van der Waals surface area contributed by atoms with E-state index in [1.165, 1.54) is 12.3 Å². The Morgan fingerprint density at radius 3 is 2.83 bits per heavy atom. The average Bonchev–Trinajstić information content (AvgIpc) is 3.45. The third kappa shape index (κ3) is 2.93. The van der Waals surface area contributed by atoms with E-state index in [0.29, 0.717) is 30.6 Å². The summed E-state index contributed by atoms with van der Waals surface area (Å²) < 4.78 is 16.8. The molecule has 1 saturated heterocycles. The van der Waals surface area contributed by atoms with Crippen LogP contribution in [0.15, 0.2) is 29.2 Å². The lowest BCUT2D eigenvalue weighted by molar-refractivity contribution is 0.0695.